The molecule has 4 aromatic carbocycles. The van der Waals surface area contributed by atoms with Crippen molar-refractivity contribution in [1.29, 1.82) is 0 Å². The molecule has 6 rings (SSSR count). The van der Waals surface area contributed by atoms with Gasteiger partial charge in [-0.1, -0.05) is 66.7 Å². The first-order chi connectivity index (χ1) is 24.0. The van der Waals surface area contributed by atoms with Crippen molar-refractivity contribution in [1.82, 2.24) is 0 Å². The molecule has 264 valence electrons. The molecule has 11 nitrogen and oxygen atoms in total. The molecule has 0 saturated carbocycles. The molecule has 13 heteroatoms. The van der Waals surface area contributed by atoms with Crippen molar-refractivity contribution in [2.75, 3.05) is 17.3 Å². The van der Waals surface area contributed by atoms with Gasteiger partial charge in [-0.15, -0.1) is 0 Å². The fraction of sp³-hybridized carbons (Fsp3) is 0.324. The number of benzene rings is 4. The smallest absolute Gasteiger partial charge is 0.311 e. The van der Waals surface area contributed by atoms with Crippen LogP contribution >= 0.6 is 0 Å². The highest BCUT2D eigenvalue weighted by molar-refractivity contribution is 7.87. The van der Waals surface area contributed by atoms with Crippen molar-refractivity contribution in [2.24, 2.45) is 5.92 Å². The highest BCUT2D eigenvalue weighted by Gasteiger charge is 2.48. The van der Waals surface area contributed by atoms with E-state index < -0.39 is 59.1 Å². The van der Waals surface area contributed by atoms with Gasteiger partial charge in [0.05, 0.1) is 24.7 Å². The summed E-state index contributed by atoms with van der Waals surface area (Å²) in [4.78, 5) is 15.2. The molecular formula is C37H38FNO10S. The van der Waals surface area contributed by atoms with E-state index in [1.54, 1.807) is 17.0 Å². The monoisotopic (exact) mass is 707 g/mol. The molecule has 0 spiro atoms. The molecule has 0 aliphatic carbocycles. The number of hydrogen-bond donors (Lipinski definition) is 5. The van der Waals surface area contributed by atoms with Crippen molar-refractivity contribution in [3.05, 3.63) is 120 Å². The van der Waals surface area contributed by atoms with E-state index in [1.165, 1.54) is 36.4 Å². The number of aliphatic hydroxyl groups is 5. The Kier molecular flexibility index (Phi) is 10.6. The van der Waals surface area contributed by atoms with Crippen LogP contribution in [0.4, 0.5) is 10.1 Å². The largest absolute Gasteiger partial charge is 0.394 e. The van der Waals surface area contributed by atoms with Gasteiger partial charge in [-0.3, -0.25) is 4.79 Å². The molecule has 2 aliphatic heterocycles. The molecule has 50 heavy (non-hydrogen) atoms. The number of halogens is 1. The highest BCUT2D eigenvalue weighted by Crippen LogP contribution is 2.46. The molecular weight excluding hydrogens is 669 g/mol. The third-order valence-electron chi connectivity index (χ3n) is 9.28. The second-order valence-corrected chi connectivity index (χ2v) is 14.2. The number of ether oxygens (including phenoxy) is 1. The Morgan fingerprint density at radius 3 is 2.02 bits per heavy atom. The maximum atomic E-state index is 13.4. The lowest BCUT2D eigenvalue weighted by molar-refractivity contribution is -0.223. The number of carbonyl (C=O) groups excluding carboxylic acids is 1. The van der Waals surface area contributed by atoms with E-state index in [1.807, 2.05) is 54.6 Å². The summed E-state index contributed by atoms with van der Waals surface area (Å²) >= 11 is 0. The molecule has 4 aromatic rings. The third kappa shape index (κ3) is 7.59. The number of β-lactam (4-membered cyclic amide) rings is 1. The molecule has 0 radical (unpaired) electrons. The summed E-state index contributed by atoms with van der Waals surface area (Å²) < 4.78 is 49.4. The van der Waals surface area contributed by atoms with Gasteiger partial charge in [-0.2, -0.15) is 8.42 Å². The van der Waals surface area contributed by atoms with Crippen LogP contribution < -0.4 is 9.08 Å². The quantitative estimate of drug-likeness (QED) is 0.109. The Morgan fingerprint density at radius 1 is 0.800 bits per heavy atom. The summed E-state index contributed by atoms with van der Waals surface area (Å²) in [6, 6.07) is 28.7. The number of aliphatic hydroxyl groups excluding tert-OH is 5. The second kappa shape index (κ2) is 15.0. The van der Waals surface area contributed by atoms with Gasteiger partial charge < -0.3 is 39.4 Å². The molecule has 2 fully saturated rings. The lowest BCUT2D eigenvalue weighted by atomic mass is 9.78. The fourth-order valence-corrected chi connectivity index (χ4v) is 7.70. The fourth-order valence-electron chi connectivity index (χ4n) is 6.55. The summed E-state index contributed by atoms with van der Waals surface area (Å²) in [7, 11) is -4.32. The molecule has 2 unspecified atom stereocenters. The molecule has 8 atom stereocenters. The SMILES string of the molecule is O=C1[C@H](CC[C@H](O)c2ccc(F)cc2)[C@@H](c2ccc(-c3ccc(OS(=O)(=O)C[C@@H]4OC(CO)[C@@H](O)[C@H](O)C4O)cc3)cc2)N1c1ccccc1. The number of para-hydroxylation sites is 1. The molecule has 0 aromatic heterocycles. The molecule has 1 amide bonds. The molecule has 2 saturated heterocycles. The predicted octanol–water partition coefficient (Wildman–Crippen LogP) is 3.26. The van der Waals surface area contributed by atoms with Crippen LogP contribution in [0, 0.1) is 11.7 Å². The molecule has 0 bridgehead atoms. The molecule has 2 heterocycles. The average Bonchev–Trinajstić information content (AvgIpc) is 3.11. The van der Waals surface area contributed by atoms with E-state index in [4.69, 9.17) is 8.92 Å². The normalized spacial score (nSPS) is 25.9. The Morgan fingerprint density at radius 2 is 1.40 bits per heavy atom. The number of rotatable bonds is 12. The first-order valence-electron chi connectivity index (χ1n) is 16.2. The van der Waals surface area contributed by atoms with E-state index in [2.05, 4.69) is 0 Å². The standard InChI is InChI=1S/C37H38FNO10S/c38-26-14-10-24(11-15-26)30(41)19-18-29-33(39(37(29)45)27-4-2-1-3-5-27)25-8-6-22(7-9-25)23-12-16-28(17-13-23)49-50(46,47)21-32-35(43)36(44)34(42)31(20-40)48-32/h1-17,29-36,40-44H,18-21H2/t29-,30+,31?,32+,33-,34-,35?,36+/m1/s1. The van der Waals surface area contributed by atoms with Crippen LogP contribution in [-0.4, -0.2) is 82.7 Å². The zero-order chi connectivity index (χ0) is 35.6. The number of amides is 1. The van der Waals surface area contributed by atoms with Crippen LogP contribution in [0.15, 0.2) is 103 Å². The van der Waals surface area contributed by atoms with Gasteiger partial charge in [0, 0.05) is 5.69 Å². The molecule has 2 aliphatic rings. The summed E-state index contributed by atoms with van der Waals surface area (Å²) in [5.41, 5.74) is 3.84. The number of nitrogens with zero attached hydrogens (tertiary/aromatic N) is 1. The van der Waals surface area contributed by atoms with Crippen LogP contribution in [0.5, 0.6) is 5.75 Å². The van der Waals surface area contributed by atoms with Crippen LogP contribution in [-0.2, 0) is 19.6 Å². The van der Waals surface area contributed by atoms with Gasteiger partial charge in [-0.25, -0.2) is 4.39 Å². The first kappa shape index (κ1) is 35.6. The second-order valence-electron chi connectivity index (χ2n) is 12.6. The lowest BCUT2D eigenvalue weighted by Gasteiger charge is -2.48. The minimum absolute atomic E-state index is 0.00658. The van der Waals surface area contributed by atoms with Crippen molar-refractivity contribution >= 4 is 21.7 Å². The van der Waals surface area contributed by atoms with Crippen molar-refractivity contribution in [2.45, 2.75) is 55.5 Å². The maximum absolute atomic E-state index is 13.4. The van der Waals surface area contributed by atoms with Gasteiger partial charge in [0.1, 0.15) is 47.8 Å². The van der Waals surface area contributed by atoms with Gasteiger partial charge in [-0.05, 0) is 71.5 Å². The van der Waals surface area contributed by atoms with Crippen LogP contribution in [0.25, 0.3) is 11.1 Å². The zero-order valence-electron chi connectivity index (χ0n) is 26.8. The van der Waals surface area contributed by atoms with Gasteiger partial charge >= 0.3 is 10.1 Å². The topological polar surface area (TPSA) is 174 Å². The van der Waals surface area contributed by atoms with Crippen LogP contribution in [0.1, 0.15) is 36.1 Å². The zero-order valence-corrected chi connectivity index (χ0v) is 27.6. The van der Waals surface area contributed by atoms with Crippen molar-refractivity contribution < 1.29 is 52.1 Å². The average molecular weight is 708 g/mol. The van der Waals surface area contributed by atoms with Gasteiger partial charge in [0.25, 0.3) is 0 Å². The summed E-state index contributed by atoms with van der Waals surface area (Å²) in [6.45, 7) is -0.682. The van der Waals surface area contributed by atoms with E-state index in [0.717, 1.165) is 22.4 Å². The van der Waals surface area contributed by atoms with E-state index >= 15 is 0 Å². The predicted molar refractivity (Wildman–Crippen MR) is 181 cm³/mol. The maximum Gasteiger partial charge on any atom is 0.311 e. The van der Waals surface area contributed by atoms with Crippen LogP contribution in [0.2, 0.25) is 0 Å². The van der Waals surface area contributed by atoms with Crippen LogP contribution in [0.3, 0.4) is 0 Å². The van der Waals surface area contributed by atoms with Crippen molar-refractivity contribution in [3.8, 4) is 16.9 Å². The minimum Gasteiger partial charge on any atom is -0.394 e. The van der Waals surface area contributed by atoms with E-state index in [9.17, 15) is 43.1 Å². The first-order valence-corrected chi connectivity index (χ1v) is 17.8. The highest BCUT2D eigenvalue weighted by atomic mass is 32.2. The van der Waals surface area contributed by atoms with Crippen molar-refractivity contribution in [3.63, 3.8) is 0 Å². The summed E-state index contributed by atoms with van der Waals surface area (Å²) in [5, 5.41) is 50.2. The number of carbonyl (C=O) groups is 1. The minimum atomic E-state index is -4.32. The Labute approximate surface area is 288 Å². The lowest BCUT2D eigenvalue weighted by Crippen LogP contribution is -2.60. The van der Waals surface area contributed by atoms with Gasteiger partial charge in [0.2, 0.25) is 5.91 Å². The summed E-state index contributed by atoms with van der Waals surface area (Å²) in [5.74, 6) is -1.63. The van der Waals surface area contributed by atoms with Gasteiger partial charge in [0.15, 0.2) is 0 Å². The Bertz CT molecular complexity index is 1860. The number of anilines is 1. The number of hydrogen-bond acceptors (Lipinski definition) is 10. The molecule has 5 N–H and O–H groups in total. The third-order valence-corrected chi connectivity index (χ3v) is 10.5. The van der Waals surface area contributed by atoms with E-state index in [-0.39, 0.29) is 29.4 Å². The Balaban J connectivity index is 1.13. The summed E-state index contributed by atoms with van der Waals surface area (Å²) in [6.07, 6.45) is -7.78. The Hall–Kier alpha value is -4.21. The van der Waals surface area contributed by atoms with E-state index in [0.29, 0.717) is 18.4 Å².